The molecule has 7 heteroatoms. The molecule has 0 bridgehead atoms. The van der Waals surface area contributed by atoms with Crippen LogP contribution in [0.4, 0.5) is 5.69 Å². The second kappa shape index (κ2) is 8.40. The second-order valence-electron chi connectivity index (χ2n) is 8.78. The Bertz CT molecular complexity index is 1030. The van der Waals surface area contributed by atoms with Crippen LogP contribution in [0.3, 0.4) is 0 Å². The molecule has 0 atom stereocenters. The number of sulfone groups is 1. The van der Waals surface area contributed by atoms with Crippen LogP contribution in [0.5, 0.6) is 0 Å². The number of hydrogen-bond acceptors (Lipinski definition) is 6. The molecule has 0 spiro atoms. The lowest BCUT2D eigenvalue weighted by atomic mass is 9.98. The molecule has 0 unspecified atom stereocenters. The average molecular weight is 431 g/mol. The Kier molecular flexibility index (Phi) is 6.24. The molecular weight excluding hydrogens is 400 g/mol. The number of piperazine rings is 1. The van der Waals surface area contributed by atoms with Gasteiger partial charge in [0.2, 0.25) is 9.84 Å². The van der Waals surface area contributed by atoms with Crippen LogP contribution in [0.15, 0.2) is 52.3 Å². The maximum absolute atomic E-state index is 13.4. The summed E-state index contributed by atoms with van der Waals surface area (Å²) in [7, 11) is -3.66. The largest absolute Gasteiger partial charge is 0.368 e. The molecule has 2 aromatic carbocycles. The molecule has 1 aliphatic heterocycles. The van der Waals surface area contributed by atoms with Crippen LogP contribution in [-0.4, -0.2) is 45.6 Å². The molecule has 0 radical (unpaired) electrons. The summed E-state index contributed by atoms with van der Waals surface area (Å²) in [5, 5.41) is 1.66. The molecule has 1 fully saturated rings. The summed E-state index contributed by atoms with van der Waals surface area (Å²) >= 11 is 0. The average Bonchev–Trinajstić information content (AvgIpc) is 2.67. The van der Waals surface area contributed by atoms with E-state index in [4.69, 9.17) is 4.84 Å². The SMILES string of the molecule is Cc1ccc(S(=O)(=O)c2ccccc2N2CCN(OC(=O)C(C)(C)C)CC2)c(C)c1. The van der Waals surface area contributed by atoms with E-state index in [9.17, 15) is 13.2 Å². The third-order valence-corrected chi connectivity index (χ3v) is 7.14. The zero-order valence-corrected chi connectivity index (χ0v) is 19.1. The van der Waals surface area contributed by atoms with E-state index in [1.807, 2.05) is 63.8 Å². The van der Waals surface area contributed by atoms with E-state index in [2.05, 4.69) is 0 Å². The molecule has 2 aromatic rings. The van der Waals surface area contributed by atoms with Crippen molar-refractivity contribution in [2.24, 2.45) is 5.41 Å². The summed E-state index contributed by atoms with van der Waals surface area (Å²) in [5.74, 6) is -0.270. The normalized spacial score (nSPS) is 15.8. The van der Waals surface area contributed by atoms with Gasteiger partial charge in [-0.3, -0.25) is 0 Å². The summed E-state index contributed by atoms with van der Waals surface area (Å²) in [6.45, 7) is 11.4. The van der Waals surface area contributed by atoms with Gasteiger partial charge in [-0.1, -0.05) is 29.8 Å². The van der Waals surface area contributed by atoms with Crippen LogP contribution in [0, 0.1) is 19.3 Å². The minimum atomic E-state index is -3.66. The van der Waals surface area contributed by atoms with Crippen molar-refractivity contribution in [1.29, 1.82) is 0 Å². The van der Waals surface area contributed by atoms with Gasteiger partial charge in [0, 0.05) is 13.1 Å². The van der Waals surface area contributed by atoms with Crippen LogP contribution < -0.4 is 4.90 Å². The number of carbonyl (C=O) groups excluding carboxylic acids is 1. The number of para-hydroxylation sites is 1. The smallest absolute Gasteiger partial charge is 0.330 e. The van der Waals surface area contributed by atoms with Gasteiger partial charge >= 0.3 is 5.97 Å². The van der Waals surface area contributed by atoms with Gasteiger partial charge in [0.15, 0.2) is 0 Å². The van der Waals surface area contributed by atoms with Crippen LogP contribution in [-0.2, 0) is 19.5 Å². The fraction of sp³-hybridized carbons (Fsp3) is 0.435. The Morgan fingerprint density at radius 2 is 1.57 bits per heavy atom. The summed E-state index contributed by atoms with van der Waals surface area (Å²) in [6, 6.07) is 12.5. The van der Waals surface area contributed by atoms with E-state index < -0.39 is 15.3 Å². The lowest BCUT2D eigenvalue weighted by molar-refractivity contribution is -0.201. The maximum Gasteiger partial charge on any atom is 0.330 e. The van der Waals surface area contributed by atoms with Crippen molar-refractivity contribution in [2.45, 2.75) is 44.4 Å². The van der Waals surface area contributed by atoms with Crippen molar-refractivity contribution in [1.82, 2.24) is 5.06 Å². The lowest BCUT2D eigenvalue weighted by Crippen LogP contribution is -2.48. The number of hydrogen-bond donors (Lipinski definition) is 0. The molecule has 162 valence electrons. The molecule has 0 aromatic heterocycles. The van der Waals surface area contributed by atoms with Crippen LogP contribution in [0.1, 0.15) is 31.9 Å². The predicted octanol–water partition coefficient (Wildman–Crippen LogP) is 3.76. The van der Waals surface area contributed by atoms with Crippen molar-refractivity contribution in [2.75, 3.05) is 31.1 Å². The van der Waals surface area contributed by atoms with Gasteiger partial charge in [0.25, 0.3) is 0 Å². The lowest BCUT2D eigenvalue weighted by Gasteiger charge is -2.36. The molecule has 0 N–H and O–H groups in total. The van der Waals surface area contributed by atoms with Crippen LogP contribution in [0.2, 0.25) is 0 Å². The minimum Gasteiger partial charge on any atom is -0.368 e. The van der Waals surface area contributed by atoms with E-state index in [-0.39, 0.29) is 5.97 Å². The molecular formula is C23H30N2O4S. The predicted molar refractivity (Wildman–Crippen MR) is 117 cm³/mol. The van der Waals surface area contributed by atoms with Crippen molar-refractivity contribution < 1.29 is 18.0 Å². The van der Waals surface area contributed by atoms with Crippen molar-refractivity contribution >= 4 is 21.5 Å². The van der Waals surface area contributed by atoms with Crippen LogP contribution in [0.25, 0.3) is 0 Å². The number of benzene rings is 2. The molecule has 0 amide bonds. The molecule has 0 saturated carbocycles. The minimum absolute atomic E-state index is 0.270. The first kappa shape index (κ1) is 22.3. The first-order valence-electron chi connectivity index (χ1n) is 10.1. The highest BCUT2D eigenvalue weighted by Crippen LogP contribution is 2.32. The number of rotatable bonds is 4. The molecule has 6 nitrogen and oxygen atoms in total. The molecule has 30 heavy (non-hydrogen) atoms. The fourth-order valence-electron chi connectivity index (χ4n) is 3.44. The highest BCUT2D eigenvalue weighted by molar-refractivity contribution is 7.91. The topological polar surface area (TPSA) is 66.9 Å². The van der Waals surface area contributed by atoms with E-state index in [1.54, 1.807) is 23.3 Å². The molecule has 1 saturated heterocycles. The highest BCUT2D eigenvalue weighted by atomic mass is 32.2. The number of anilines is 1. The standard InChI is InChI=1S/C23H30N2O4S/c1-17-10-11-20(18(2)16-17)30(27,28)21-9-7-6-8-19(21)24-12-14-25(15-13-24)29-22(26)23(3,4)5/h6-11,16H,12-15H2,1-5H3. The second-order valence-corrected chi connectivity index (χ2v) is 10.7. The van der Waals surface area contributed by atoms with E-state index in [0.717, 1.165) is 11.1 Å². The van der Waals surface area contributed by atoms with Gasteiger partial charge in [-0.15, -0.1) is 5.06 Å². The quantitative estimate of drug-likeness (QED) is 0.736. The van der Waals surface area contributed by atoms with E-state index in [1.165, 1.54) is 0 Å². The zero-order chi connectivity index (χ0) is 22.1. The van der Waals surface area contributed by atoms with Crippen molar-refractivity contribution in [3.8, 4) is 0 Å². The summed E-state index contributed by atoms with van der Waals surface area (Å²) < 4.78 is 26.9. The van der Waals surface area contributed by atoms with Gasteiger partial charge in [-0.25, -0.2) is 13.2 Å². The van der Waals surface area contributed by atoms with Crippen molar-refractivity contribution in [3.05, 3.63) is 53.6 Å². The van der Waals surface area contributed by atoms with Crippen LogP contribution >= 0.6 is 0 Å². The van der Waals surface area contributed by atoms with Gasteiger partial charge < -0.3 is 9.74 Å². The summed E-state index contributed by atoms with van der Waals surface area (Å²) in [6.07, 6.45) is 0. The monoisotopic (exact) mass is 430 g/mol. The third kappa shape index (κ3) is 4.68. The molecule has 3 rings (SSSR count). The Morgan fingerprint density at radius 3 is 2.17 bits per heavy atom. The number of carbonyl (C=O) groups is 1. The maximum atomic E-state index is 13.4. The van der Waals surface area contributed by atoms with Crippen molar-refractivity contribution in [3.63, 3.8) is 0 Å². The van der Waals surface area contributed by atoms with Gasteiger partial charge in [0.1, 0.15) is 0 Å². The number of hydroxylamine groups is 2. The van der Waals surface area contributed by atoms with Gasteiger partial charge in [-0.05, 0) is 58.4 Å². The van der Waals surface area contributed by atoms with Gasteiger partial charge in [0.05, 0.1) is 34.0 Å². The Hall–Kier alpha value is -2.38. The number of nitrogens with zero attached hydrogens (tertiary/aromatic N) is 2. The zero-order valence-electron chi connectivity index (χ0n) is 18.3. The Morgan fingerprint density at radius 1 is 0.933 bits per heavy atom. The van der Waals surface area contributed by atoms with Gasteiger partial charge in [-0.2, -0.15) is 0 Å². The summed E-state index contributed by atoms with van der Waals surface area (Å²) in [4.78, 5) is 20.3. The molecule has 1 aliphatic rings. The van der Waals surface area contributed by atoms with E-state index in [0.29, 0.717) is 41.7 Å². The Labute approximate surface area is 179 Å². The number of aryl methyl sites for hydroxylation is 2. The first-order chi connectivity index (χ1) is 14.0. The van der Waals surface area contributed by atoms with E-state index >= 15 is 0 Å². The summed E-state index contributed by atoms with van der Waals surface area (Å²) in [5.41, 5.74) is 1.88. The third-order valence-electron chi connectivity index (χ3n) is 5.18. The molecule has 0 aliphatic carbocycles. The highest BCUT2D eigenvalue weighted by Gasteiger charge is 2.30. The first-order valence-corrected chi connectivity index (χ1v) is 11.6. The molecule has 1 heterocycles. The fourth-order valence-corrected chi connectivity index (χ4v) is 5.14. The Balaban J connectivity index is 1.82.